The average molecular weight is 379 g/mol. The summed E-state index contributed by atoms with van der Waals surface area (Å²) in [5.74, 6) is -0.941. The molecule has 0 heterocycles. The number of amides is 2. The Bertz CT molecular complexity index is 912. The molecule has 0 saturated carbocycles. The van der Waals surface area contributed by atoms with Gasteiger partial charge in [0.15, 0.2) is 0 Å². The van der Waals surface area contributed by atoms with Crippen LogP contribution in [0.3, 0.4) is 0 Å². The van der Waals surface area contributed by atoms with Gasteiger partial charge in [-0.1, -0.05) is 12.1 Å². The van der Waals surface area contributed by atoms with E-state index in [1.165, 1.54) is 29.2 Å². The summed E-state index contributed by atoms with van der Waals surface area (Å²) in [5.41, 5.74) is 7.00. The second-order valence-electron chi connectivity index (χ2n) is 5.31. The molecule has 2 amide bonds. The summed E-state index contributed by atoms with van der Waals surface area (Å²) in [6, 6.07) is 11.5. The molecule has 0 radical (unpaired) electrons. The molecule has 10 heteroatoms. The van der Waals surface area contributed by atoms with Gasteiger partial charge in [0.2, 0.25) is 0 Å². The first-order valence-electron chi connectivity index (χ1n) is 7.38. The number of nitrogens with zero attached hydrogens (tertiary/aromatic N) is 1. The number of benzene rings is 2. The van der Waals surface area contributed by atoms with E-state index in [2.05, 4.69) is 4.18 Å². The molecule has 0 spiro atoms. The van der Waals surface area contributed by atoms with Crippen LogP contribution in [0.15, 0.2) is 48.5 Å². The monoisotopic (exact) mass is 379 g/mol. The molecule has 26 heavy (non-hydrogen) atoms. The van der Waals surface area contributed by atoms with Gasteiger partial charge < -0.3 is 15.0 Å². The van der Waals surface area contributed by atoms with Crippen molar-refractivity contribution in [2.24, 2.45) is 10.9 Å². The molecule has 138 valence electrons. The quantitative estimate of drug-likeness (QED) is 0.662. The number of rotatable bonds is 7. The standard InChI is InChI=1S/C16H17N3O6S/c17-16(22)19(12-5-7-14(8-6-12)25-26(18,23)24)13-3-1-2-11(10-13)4-9-15(20)21/h1-3,5-8,10H,4,9H2,(H2,17,22)(H,20,21)(H2,18,23,24). The minimum atomic E-state index is -4.15. The predicted octanol–water partition coefficient (Wildman–Crippen LogP) is 1.50. The Morgan fingerprint density at radius 2 is 1.73 bits per heavy atom. The highest BCUT2D eigenvalue weighted by molar-refractivity contribution is 7.84. The molecule has 0 atom stereocenters. The van der Waals surface area contributed by atoms with Gasteiger partial charge in [-0.05, 0) is 48.4 Å². The van der Waals surface area contributed by atoms with Crippen LogP contribution in [0.5, 0.6) is 5.75 Å². The number of hydrogen-bond donors (Lipinski definition) is 3. The number of carbonyl (C=O) groups is 2. The Morgan fingerprint density at radius 1 is 1.08 bits per heavy atom. The van der Waals surface area contributed by atoms with E-state index in [9.17, 15) is 18.0 Å². The molecule has 2 rings (SSSR count). The van der Waals surface area contributed by atoms with Gasteiger partial charge in [-0.2, -0.15) is 13.6 Å². The third-order valence-corrected chi connectivity index (χ3v) is 3.75. The van der Waals surface area contributed by atoms with E-state index in [1.54, 1.807) is 24.3 Å². The van der Waals surface area contributed by atoms with E-state index in [0.717, 1.165) is 5.56 Å². The van der Waals surface area contributed by atoms with Crippen molar-refractivity contribution in [2.45, 2.75) is 12.8 Å². The maximum absolute atomic E-state index is 11.9. The van der Waals surface area contributed by atoms with Crippen molar-refractivity contribution in [1.29, 1.82) is 0 Å². The number of carbonyl (C=O) groups excluding carboxylic acids is 1. The lowest BCUT2D eigenvalue weighted by atomic mass is 10.1. The van der Waals surface area contributed by atoms with Crippen LogP contribution < -0.4 is 20.0 Å². The third-order valence-electron chi connectivity index (χ3n) is 3.32. The van der Waals surface area contributed by atoms with Crippen LogP contribution in [-0.4, -0.2) is 25.5 Å². The van der Waals surface area contributed by atoms with Crippen LogP contribution in [0.25, 0.3) is 0 Å². The normalized spacial score (nSPS) is 11.0. The first-order valence-corrected chi connectivity index (χ1v) is 8.85. The highest BCUT2D eigenvalue weighted by Crippen LogP contribution is 2.28. The minimum Gasteiger partial charge on any atom is -0.481 e. The van der Waals surface area contributed by atoms with E-state index in [4.69, 9.17) is 16.0 Å². The first-order chi connectivity index (χ1) is 12.2. The molecule has 2 aromatic rings. The lowest BCUT2D eigenvalue weighted by Gasteiger charge is -2.21. The molecule has 2 aromatic carbocycles. The molecule has 0 fully saturated rings. The summed E-state index contributed by atoms with van der Waals surface area (Å²) >= 11 is 0. The number of aryl methyl sites for hydroxylation is 1. The predicted molar refractivity (Wildman–Crippen MR) is 94.3 cm³/mol. The molecule has 0 aromatic heterocycles. The SMILES string of the molecule is NC(=O)N(c1ccc(OS(N)(=O)=O)cc1)c1cccc(CCC(=O)O)c1. The lowest BCUT2D eigenvalue weighted by Crippen LogP contribution is -2.31. The van der Waals surface area contributed by atoms with Crippen LogP contribution in [0.1, 0.15) is 12.0 Å². The molecule has 0 unspecified atom stereocenters. The van der Waals surface area contributed by atoms with Crippen molar-refractivity contribution in [1.82, 2.24) is 0 Å². The second kappa shape index (κ2) is 7.85. The third kappa shape index (κ3) is 5.46. The number of anilines is 2. The number of urea groups is 1. The van der Waals surface area contributed by atoms with Crippen molar-refractivity contribution >= 4 is 33.7 Å². The largest absolute Gasteiger partial charge is 0.481 e. The van der Waals surface area contributed by atoms with Crippen molar-refractivity contribution in [2.75, 3.05) is 4.90 Å². The number of hydrogen-bond acceptors (Lipinski definition) is 5. The number of nitrogens with two attached hydrogens (primary N) is 2. The molecule has 0 bridgehead atoms. The minimum absolute atomic E-state index is 0.0177. The zero-order valence-electron chi connectivity index (χ0n) is 13.5. The van der Waals surface area contributed by atoms with Gasteiger partial charge in [-0.3, -0.25) is 9.69 Å². The topological polar surface area (TPSA) is 153 Å². The van der Waals surface area contributed by atoms with Crippen molar-refractivity contribution < 1.29 is 27.3 Å². The summed E-state index contributed by atoms with van der Waals surface area (Å²) in [5, 5.41) is 13.6. The molecule has 5 N–H and O–H groups in total. The van der Waals surface area contributed by atoms with E-state index in [0.29, 0.717) is 17.8 Å². The van der Waals surface area contributed by atoms with E-state index in [-0.39, 0.29) is 12.2 Å². The summed E-state index contributed by atoms with van der Waals surface area (Å²) in [6.07, 6.45) is 0.260. The van der Waals surface area contributed by atoms with E-state index >= 15 is 0 Å². The number of primary amides is 1. The van der Waals surface area contributed by atoms with Gasteiger partial charge in [0.25, 0.3) is 0 Å². The molecule has 0 saturated heterocycles. The smallest absolute Gasteiger partial charge is 0.380 e. The van der Waals surface area contributed by atoms with Crippen LogP contribution in [0, 0.1) is 0 Å². The summed E-state index contributed by atoms with van der Waals surface area (Å²) in [7, 11) is -4.15. The maximum atomic E-state index is 11.9. The van der Waals surface area contributed by atoms with Gasteiger partial charge in [0, 0.05) is 6.42 Å². The highest BCUT2D eigenvalue weighted by Gasteiger charge is 2.16. The van der Waals surface area contributed by atoms with Gasteiger partial charge >= 0.3 is 22.3 Å². The average Bonchev–Trinajstić information content (AvgIpc) is 2.53. The molecular weight excluding hydrogens is 362 g/mol. The van der Waals surface area contributed by atoms with Gasteiger partial charge in [-0.15, -0.1) is 0 Å². The molecule has 9 nitrogen and oxygen atoms in total. The number of carboxylic acid groups (broad SMARTS) is 1. The lowest BCUT2D eigenvalue weighted by molar-refractivity contribution is -0.136. The van der Waals surface area contributed by atoms with E-state index in [1.807, 2.05) is 0 Å². The Morgan fingerprint density at radius 3 is 2.27 bits per heavy atom. The Balaban J connectivity index is 2.30. The molecular formula is C16H17N3O6S. The second-order valence-corrected chi connectivity index (χ2v) is 6.46. The molecule has 0 aliphatic rings. The van der Waals surface area contributed by atoms with Crippen molar-refractivity contribution in [3.8, 4) is 5.75 Å². The zero-order chi connectivity index (χ0) is 19.3. The van der Waals surface area contributed by atoms with Crippen LogP contribution in [-0.2, 0) is 21.5 Å². The molecule has 0 aliphatic carbocycles. The number of carboxylic acids is 1. The van der Waals surface area contributed by atoms with Crippen LogP contribution in [0.4, 0.5) is 16.2 Å². The fraction of sp³-hybridized carbons (Fsp3) is 0.125. The summed E-state index contributed by atoms with van der Waals surface area (Å²) in [6.45, 7) is 0. The van der Waals surface area contributed by atoms with Gasteiger partial charge in [0.05, 0.1) is 11.4 Å². The Kier molecular flexibility index (Phi) is 5.80. The Labute approximate surface area is 150 Å². The summed E-state index contributed by atoms with van der Waals surface area (Å²) < 4.78 is 26.4. The van der Waals surface area contributed by atoms with Crippen molar-refractivity contribution in [3.63, 3.8) is 0 Å². The first kappa shape index (κ1) is 19.2. The highest BCUT2D eigenvalue weighted by atomic mass is 32.2. The fourth-order valence-electron chi connectivity index (χ4n) is 2.29. The van der Waals surface area contributed by atoms with Gasteiger partial charge in [0.1, 0.15) is 5.75 Å². The van der Waals surface area contributed by atoms with Crippen molar-refractivity contribution in [3.05, 3.63) is 54.1 Å². The summed E-state index contributed by atoms with van der Waals surface area (Å²) in [4.78, 5) is 23.8. The fourth-order valence-corrected chi connectivity index (χ4v) is 2.67. The zero-order valence-corrected chi connectivity index (χ0v) is 14.3. The van der Waals surface area contributed by atoms with Gasteiger partial charge in [-0.25, -0.2) is 4.79 Å². The maximum Gasteiger partial charge on any atom is 0.380 e. The molecule has 0 aliphatic heterocycles. The van der Waals surface area contributed by atoms with E-state index < -0.39 is 22.3 Å². The van der Waals surface area contributed by atoms with Crippen LogP contribution in [0.2, 0.25) is 0 Å². The number of aliphatic carboxylic acids is 1. The Hall–Kier alpha value is -3.11. The van der Waals surface area contributed by atoms with Crippen LogP contribution >= 0.6 is 0 Å².